The van der Waals surface area contributed by atoms with Crippen molar-refractivity contribution in [3.63, 3.8) is 0 Å². The van der Waals surface area contributed by atoms with Gasteiger partial charge in [0.05, 0.1) is 26.4 Å². The monoisotopic (exact) mass is 506 g/mol. The first-order valence-corrected chi connectivity index (χ1v) is 13.6. The molecule has 7 heteroatoms. The van der Waals surface area contributed by atoms with Gasteiger partial charge >= 0.3 is 0 Å². The third-order valence-corrected chi connectivity index (χ3v) is 8.14. The van der Waals surface area contributed by atoms with Gasteiger partial charge in [-0.3, -0.25) is 4.79 Å². The molecule has 0 bridgehead atoms. The van der Waals surface area contributed by atoms with Gasteiger partial charge in [-0.1, -0.05) is 39.8 Å². The molecule has 2 fully saturated rings. The molecule has 2 aromatic rings. The lowest BCUT2D eigenvalue weighted by Gasteiger charge is -2.29. The number of anilines is 4. The van der Waals surface area contributed by atoms with E-state index < -0.39 is 0 Å². The normalized spacial score (nSPS) is 21.5. The van der Waals surface area contributed by atoms with Gasteiger partial charge in [0.25, 0.3) is 0 Å². The van der Waals surface area contributed by atoms with Crippen LogP contribution in [0.3, 0.4) is 0 Å². The standard InChI is InChI=1S/C16H22N2O2.C14H20N2O/c1-12(19)18-11-16(2,3)14-5-4-13(10-15(14)18)17-6-8-20-9-7-17;1-14(2)10-15-13-9-11(3-4-12(13)14)16-5-7-17-8-6-16/h4-5,10H,6-9,11H2,1-3H3;3-4,9,15H,5-8,10H2,1-2H3. The second kappa shape index (κ2) is 10.2. The highest BCUT2D eigenvalue weighted by Crippen LogP contribution is 2.42. The molecule has 7 nitrogen and oxygen atoms in total. The lowest BCUT2D eigenvalue weighted by molar-refractivity contribution is -0.116. The van der Waals surface area contributed by atoms with E-state index in [0.717, 1.165) is 71.4 Å². The predicted molar refractivity (Wildman–Crippen MR) is 152 cm³/mol. The summed E-state index contributed by atoms with van der Waals surface area (Å²) in [5.41, 5.74) is 7.89. The summed E-state index contributed by atoms with van der Waals surface area (Å²) in [6.07, 6.45) is 0. The summed E-state index contributed by atoms with van der Waals surface area (Å²) in [6, 6.07) is 13.3. The van der Waals surface area contributed by atoms with E-state index in [2.05, 4.69) is 79.2 Å². The van der Waals surface area contributed by atoms with Gasteiger partial charge in [-0.2, -0.15) is 0 Å². The molecule has 6 rings (SSSR count). The SMILES string of the molecule is CC(=O)N1CC(C)(C)c2ccc(N3CCOCC3)cc21.CC1(C)CNc2cc(N3CCOCC3)ccc21. The van der Waals surface area contributed by atoms with Crippen LogP contribution in [-0.4, -0.2) is 71.6 Å². The fourth-order valence-corrected chi connectivity index (χ4v) is 5.88. The molecule has 2 saturated heterocycles. The van der Waals surface area contributed by atoms with Crippen LogP contribution in [0.4, 0.5) is 22.7 Å². The number of fused-ring (bicyclic) bond motifs is 2. The minimum absolute atomic E-state index is 0.0323. The average molecular weight is 507 g/mol. The van der Waals surface area contributed by atoms with Crippen molar-refractivity contribution < 1.29 is 14.3 Å². The molecule has 1 N–H and O–H groups in total. The van der Waals surface area contributed by atoms with Crippen molar-refractivity contribution in [1.82, 2.24) is 0 Å². The van der Waals surface area contributed by atoms with Crippen molar-refractivity contribution >= 4 is 28.7 Å². The molecule has 0 saturated carbocycles. The molecule has 0 aromatic heterocycles. The molecule has 4 aliphatic rings. The Labute approximate surface area is 221 Å². The first-order chi connectivity index (χ1) is 17.7. The predicted octanol–water partition coefficient (Wildman–Crippen LogP) is 4.39. The highest BCUT2D eigenvalue weighted by atomic mass is 16.5. The molecule has 4 heterocycles. The van der Waals surface area contributed by atoms with Crippen LogP contribution in [0, 0.1) is 0 Å². The summed E-state index contributed by atoms with van der Waals surface area (Å²) >= 11 is 0. The third-order valence-electron chi connectivity index (χ3n) is 8.14. The maximum Gasteiger partial charge on any atom is 0.223 e. The van der Waals surface area contributed by atoms with E-state index in [4.69, 9.17) is 9.47 Å². The molecule has 4 aliphatic heterocycles. The zero-order chi connectivity index (χ0) is 26.2. The molecule has 0 unspecified atom stereocenters. The van der Waals surface area contributed by atoms with Crippen LogP contribution in [0.2, 0.25) is 0 Å². The number of hydrogen-bond donors (Lipinski definition) is 1. The Morgan fingerprint density at radius 1 is 0.784 bits per heavy atom. The smallest absolute Gasteiger partial charge is 0.223 e. The van der Waals surface area contributed by atoms with Gasteiger partial charge in [-0.05, 0) is 35.4 Å². The lowest BCUT2D eigenvalue weighted by Crippen LogP contribution is -2.36. The van der Waals surface area contributed by atoms with Crippen molar-refractivity contribution in [3.8, 4) is 0 Å². The van der Waals surface area contributed by atoms with E-state index >= 15 is 0 Å². The Kier molecular flexibility index (Phi) is 7.12. The highest BCUT2D eigenvalue weighted by molar-refractivity contribution is 5.95. The summed E-state index contributed by atoms with van der Waals surface area (Å²) in [6.45, 7) is 19.5. The molecule has 0 spiro atoms. The van der Waals surface area contributed by atoms with Crippen molar-refractivity contribution in [1.29, 1.82) is 0 Å². The molecule has 0 aliphatic carbocycles. The van der Waals surface area contributed by atoms with Crippen LogP contribution in [0.25, 0.3) is 0 Å². The Balaban J connectivity index is 0.000000153. The number of amides is 1. The molecule has 37 heavy (non-hydrogen) atoms. The number of carbonyl (C=O) groups is 1. The Morgan fingerprint density at radius 2 is 1.32 bits per heavy atom. The molecule has 2 aromatic carbocycles. The molecular weight excluding hydrogens is 464 g/mol. The summed E-state index contributed by atoms with van der Waals surface area (Å²) in [5.74, 6) is 0.121. The van der Waals surface area contributed by atoms with E-state index in [1.165, 1.54) is 28.2 Å². The van der Waals surface area contributed by atoms with Crippen LogP contribution < -0.4 is 20.0 Å². The molecule has 200 valence electrons. The van der Waals surface area contributed by atoms with Crippen molar-refractivity contribution in [3.05, 3.63) is 47.5 Å². The number of hydrogen-bond acceptors (Lipinski definition) is 6. The summed E-state index contributed by atoms with van der Waals surface area (Å²) < 4.78 is 10.8. The number of carbonyl (C=O) groups excluding carboxylic acids is 1. The van der Waals surface area contributed by atoms with E-state index in [1.54, 1.807) is 6.92 Å². The van der Waals surface area contributed by atoms with E-state index in [9.17, 15) is 4.79 Å². The lowest BCUT2D eigenvalue weighted by atomic mass is 9.87. The Bertz CT molecular complexity index is 1130. The van der Waals surface area contributed by atoms with Crippen LogP contribution in [0.5, 0.6) is 0 Å². The van der Waals surface area contributed by atoms with Gasteiger partial charge in [0, 0.05) is 79.8 Å². The largest absolute Gasteiger partial charge is 0.384 e. The molecular formula is C30H42N4O3. The summed E-state index contributed by atoms with van der Waals surface area (Å²) in [4.78, 5) is 18.5. The number of nitrogens with zero attached hydrogens (tertiary/aromatic N) is 3. The minimum atomic E-state index is 0.0323. The van der Waals surface area contributed by atoms with Crippen molar-refractivity contribution in [2.45, 2.75) is 45.4 Å². The Hall–Kier alpha value is -2.77. The van der Waals surface area contributed by atoms with Gasteiger partial charge in [0.1, 0.15) is 0 Å². The minimum Gasteiger partial charge on any atom is -0.384 e. The van der Waals surface area contributed by atoms with Gasteiger partial charge in [0.2, 0.25) is 5.91 Å². The third kappa shape index (κ3) is 5.30. The zero-order valence-electron chi connectivity index (χ0n) is 23.1. The van der Waals surface area contributed by atoms with Crippen molar-refractivity contribution in [2.75, 3.05) is 85.7 Å². The fourth-order valence-electron chi connectivity index (χ4n) is 5.88. The second-order valence-corrected chi connectivity index (χ2v) is 11.9. The van der Waals surface area contributed by atoms with Crippen molar-refractivity contribution in [2.24, 2.45) is 0 Å². The number of benzene rings is 2. The molecule has 0 atom stereocenters. The van der Waals surface area contributed by atoms with Crippen LogP contribution in [0.15, 0.2) is 36.4 Å². The van der Waals surface area contributed by atoms with Crippen LogP contribution in [-0.2, 0) is 25.1 Å². The maximum atomic E-state index is 11.9. The number of ether oxygens (including phenoxy) is 2. The molecule has 0 radical (unpaired) electrons. The topological polar surface area (TPSA) is 57.3 Å². The zero-order valence-corrected chi connectivity index (χ0v) is 23.1. The second-order valence-electron chi connectivity index (χ2n) is 11.9. The average Bonchev–Trinajstić information content (AvgIpc) is 3.37. The summed E-state index contributed by atoms with van der Waals surface area (Å²) in [5, 5.41) is 3.51. The van der Waals surface area contributed by atoms with Gasteiger partial charge in [-0.15, -0.1) is 0 Å². The Morgan fingerprint density at radius 3 is 1.89 bits per heavy atom. The number of rotatable bonds is 2. The highest BCUT2D eigenvalue weighted by Gasteiger charge is 2.37. The van der Waals surface area contributed by atoms with E-state index in [-0.39, 0.29) is 16.7 Å². The number of nitrogens with one attached hydrogen (secondary N) is 1. The van der Waals surface area contributed by atoms with Crippen LogP contribution in [0.1, 0.15) is 45.7 Å². The maximum absolute atomic E-state index is 11.9. The molecule has 1 amide bonds. The van der Waals surface area contributed by atoms with Gasteiger partial charge in [0.15, 0.2) is 0 Å². The van der Waals surface area contributed by atoms with Gasteiger partial charge in [-0.25, -0.2) is 0 Å². The number of morpholine rings is 2. The quantitative estimate of drug-likeness (QED) is 0.652. The van der Waals surface area contributed by atoms with E-state index in [1.807, 2.05) is 4.90 Å². The fraction of sp³-hybridized carbons (Fsp3) is 0.567. The van der Waals surface area contributed by atoms with Gasteiger partial charge < -0.3 is 29.5 Å². The van der Waals surface area contributed by atoms with Crippen LogP contribution >= 0.6 is 0 Å². The first kappa shape index (κ1) is 25.9. The first-order valence-electron chi connectivity index (χ1n) is 13.6. The summed E-state index contributed by atoms with van der Waals surface area (Å²) in [7, 11) is 0. The van der Waals surface area contributed by atoms with E-state index in [0.29, 0.717) is 0 Å².